The Morgan fingerprint density at radius 3 is 1.92 bits per heavy atom. The first-order valence-corrected chi connectivity index (χ1v) is 7.02. The highest BCUT2D eigenvalue weighted by Crippen LogP contribution is 2.38. The largest absolute Gasteiger partial charge is 0.573 e. The zero-order chi connectivity index (χ0) is 17.7. The molecule has 2 rings (SSSR count). The Labute approximate surface area is 137 Å². The van der Waals surface area contributed by atoms with E-state index in [1.807, 2.05) is 6.92 Å². The summed E-state index contributed by atoms with van der Waals surface area (Å²) in [6, 6.07) is 9.06. The van der Waals surface area contributed by atoms with E-state index in [0.717, 1.165) is 5.56 Å². The zero-order valence-corrected chi connectivity index (χ0v) is 13.4. The van der Waals surface area contributed by atoms with Gasteiger partial charge >= 0.3 is 6.36 Å². The van der Waals surface area contributed by atoms with Crippen LogP contribution >= 0.6 is 0 Å². The van der Waals surface area contributed by atoms with Gasteiger partial charge in [-0.15, -0.1) is 13.2 Å². The van der Waals surface area contributed by atoms with E-state index < -0.39 is 6.36 Å². The molecule has 0 fully saturated rings. The Morgan fingerprint density at radius 2 is 1.46 bits per heavy atom. The molecule has 0 unspecified atom stereocenters. The zero-order valence-electron chi connectivity index (χ0n) is 13.4. The Bertz CT molecular complexity index is 656. The Morgan fingerprint density at radius 1 is 0.917 bits per heavy atom. The van der Waals surface area contributed by atoms with Crippen LogP contribution < -0.4 is 18.9 Å². The first-order valence-electron chi connectivity index (χ1n) is 7.02. The Balaban J connectivity index is 2.11. The molecular weight excluding hydrogens is 325 g/mol. The molecule has 2 aromatic rings. The second kappa shape index (κ2) is 7.33. The summed E-state index contributed by atoms with van der Waals surface area (Å²) in [4.78, 5) is 0. The fourth-order valence-electron chi connectivity index (χ4n) is 2.10. The molecule has 0 heterocycles. The lowest BCUT2D eigenvalue weighted by molar-refractivity contribution is -0.274. The summed E-state index contributed by atoms with van der Waals surface area (Å²) in [5.74, 6) is 1.19. The fraction of sp³-hybridized carbons (Fsp3) is 0.294. The van der Waals surface area contributed by atoms with Crippen LogP contribution in [0, 0.1) is 6.92 Å². The van der Waals surface area contributed by atoms with Gasteiger partial charge in [0, 0.05) is 0 Å². The van der Waals surface area contributed by atoms with Crippen LogP contribution in [-0.4, -0.2) is 20.6 Å². The summed E-state index contributed by atoms with van der Waals surface area (Å²) in [6.45, 7) is 2.04. The van der Waals surface area contributed by atoms with E-state index in [2.05, 4.69) is 4.74 Å². The van der Waals surface area contributed by atoms with E-state index in [9.17, 15) is 13.2 Å². The average molecular weight is 342 g/mol. The van der Waals surface area contributed by atoms with E-state index >= 15 is 0 Å². The molecule has 0 radical (unpaired) electrons. The summed E-state index contributed by atoms with van der Waals surface area (Å²) in [6.07, 6.45) is -4.71. The molecule has 7 heteroatoms. The van der Waals surface area contributed by atoms with Crippen molar-refractivity contribution in [3.05, 3.63) is 47.5 Å². The maximum atomic E-state index is 12.1. The third kappa shape index (κ3) is 4.71. The topological polar surface area (TPSA) is 36.9 Å². The summed E-state index contributed by atoms with van der Waals surface area (Å²) in [5, 5.41) is 0. The lowest BCUT2D eigenvalue weighted by Gasteiger charge is -2.15. The van der Waals surface area contributed by atoms with Crippen LogP contribution in [0.2, 0.25) is 0 Å². The predicted molar refractivity (Wildman–Crippen MR) is 81.7 cm³/mol. The molecule has 4 nitrogen and oxygen atoms in total. The number of aryl methyl sites for hydroxylation is 1. The summed E-state index contributed by atoms with van der Waals surface area (Å²) in [5.41, 5.74) is 1.62. The SMILES string of the molecule is COc1cc(C)cc(OC)c1OCc1ccc(OC(F)(F)F)cc1. The molecule has 0 bridgehead atoms. The molecular formula is C17H17F3O4. The van der Waals surface area contributed by atoms with E-state index in [4.69, 9.17) is 14.2 Å². The molecule has 0 atom stereocenters. The molecule has 0 N–H and O–H groups in total. The van der Waals surface area contributed by atoms with Crippen LogP contribution in [0.15, 0.2) is 36.4 Å². The van der Waals surface area contributed by atoms with Crippen molar-refractivity contribution in [3.8, 4) is 23.0 Å². The highest BCUT2D eigenvalue weighted by molar-refractivity contribution is 5.53. The van der Waals surface area contributed by atoms with Gasteiger partial charge in [-0.25, -0.2) is 0 Å². The molecule has 0 aliphatic carbocycles. The molecule has 24 heavy (non-hydrogen) atoms. The fourth-order valence-corrected chi connectivity index (χ4v) is 2.10. The number of rotatable bonds is 6. The molecule has 0 aliphatic rings. The van der Waals surface area contributed by atoms with Crippen molar-refractivity contribution in [1.82, 2.24) is 0 Å². The van der Waals surface area contributed by atoms with Gasteiger partial charge in [0.25, 0.3) is 0 Å². The monoisotopic (exact) mass is 342 g/mol. The van der Waals surface area contributed by atoms with Gasteiger partial charge < -0.3 is 18.9 Å². The van der Waals surface area contributed by atoms with Gasteiger partial charge in [0.1, 0.15) is 12.4 Å². The van der Waals surface area contributed by atoms with Crippen LogP contribution in [-0.2, 0) is 6.61 Å². The van der Waals surface area contributed by atoms with Crippen LogP contribution in [0.25, 0.3) is 0 Å². The number of halogens is 3. The number of ether oxygens (including phenoxy) is 4. The molecule has 2 aromatic carbocycles. The normalized spacial score (nSPS) is 11.1. The minimum Gasteiger partial charge on any atom is -0.493 e. The smallest absolute Gasteiger partial charge is 0.493 e. The van der Waals surface area contributed by atoms with E-state index in [-0.39, 0.29) is 12.4 Å². The van der Waals surface area contributed by atoms with Crippen LogP contribution in [0.4, 0.5) is 13.2 Å². The van der Waals surface area contributed by atoms with Gasteiger partial charge in [0.2, 0.25) is 5.75 Å². The van der Waals surface area contributed by atoms with Crippen molar-refractivity contribution >= 4 is 0 Å². The minimum absolute atomic E-state index is 0.141. The van der Waals surface area contributed by atoms with Crippen LogP contribution in [0.1, 0.15) is 11.1 Å². The highest BCUT2D eigenvalue weighted by atomic mass is 19.4. The number of methoxy groups -OCH3 is 2. The van der Waals surface area contributed by atoms with Crippen molar-refractivity contribution < 1.29 is 32.1 Å². The van der Waals surface area contributed by atoms with Crippen molar-refractivity contribution in [2.24, 2.45) is 0 Å². The maximum absolute atomic E-state index is 12.1. The number of hydrogen-bond acceptors (Lipinski definition) is 4. The van der Waals surface area contributed by atoms with Gasteiger partial charge in [0.15, 0.2) is 11.5 Å². The molecule has 0 saturated heterocycles. The molecule has 0 saturated carbocycles. The van der Waals surface area contributed by atoms with E-state index in [0.29, 0.717) is 22.8 Å². The van der Waals surface area contributed by atoms with E-state index in [1.165, 1.54) is 38.5 Å². The lowest BCUT2D eigenvalue weighted by Crippen LogP contribution is -2.17. The van der Waals surface area contributed by atoms with Gasteiger partial charge in [-0.2, -0.15) is 0 Å². The quantitative estimate of drug-likeness (QED) is 0.775. The standard InChI is InChI=1S/C17H17F3O4/c1-11-8-14(21-2)16(15(9-11)22-3)23-10-12-4-6-13(7-5-12)24-17(18,19)20/h4-9H,10H2,1-3H3. The molecule has 0 amide bonds. The summed E-state index contributed by atoms with van der Waals surface area (Å²) >= 11 is 0. The Hall–Kier alpha value is -2.57. The lowest BCUT2D eigenvalue weighted by atomic mass is 10.2. The number of hydrogen-bond donors (Lipinski definition) is 0. The minimum atomic E-state index is -4.71. The predicted octanol–water partition coefficient (Wildman–Crippen LogP) is 4.49. The van der Waals surface area contributed by atoms with Gasteiger partial charge in [-0.05, 0) is 42.3 Å². The van der Waals surface area contributed by atoms with Gasteiger partial charge in [0.05, 0.1) is 14.2 Å². The molecule has 0 aromatic heterocycles. The maximum Gasteiger partial charge on any atom is 0.573 e. The second-order valence-electron chi connectivity index (χ2n) is 4.98. The highest BCUT2D eigenvalue weighted by Gasteiger charge is 2.30. The first kappa shape index (κ1) is 17.8. The van der Waals surface area contributed by atoms with Gasteiger partial charge in [-0.1, -0.05) is 12.1 Å². The third-order valence-electron chi connectivity index (χ3n) is 3.15. The number of benzene rings is 2. The van der Waals surface area contributed by atoms with Gasteiger partial charge in [-0.3, -0.25) is 0 Å². The third-order valence-corrected chi connectivity index (χ3v) is 3.15. The summed E-state index contributed by atoms with van der Waals surface area (Å²) in [7, 11) is 3.04. The number of alkyl halides is 3. The Kier molecular flexibility index (Phi) is 5.43. The first-order chi connectivity index (χ1) is 11.3. The van der Waals surface area contributed by atoms with Crippen molar-refractivity contribution in [3.63, 3.8) is 0 Å². The van der Waals surface area contributed by atoms with Crippen LogP contribution in [0.5, 0.6) is 23.0 Å². The summed E-state index contributed by atoms with van der Waals surface area (Å²) < 4.78 is 56.5. The van der Waals surface area contributed by atoms with E-state index in [1.54, 1.807) is 12.1 Å². The molecule has 0 aliphatic heterocycles. The average Bonchev–Trinajstić information content (AvgIpc) is 2.52. The second-order valence-corrected chi connectivity index (χ2v) is 4.98. The van der Waals surface area contributed by atoms with Crippen LogP contribution in [0.3, 0.4) is 0 Å². The van der Waals surface area contributed by atoms with Crippen molar-refractivity contribution in [1.29, 1.82) is 0 Å². The van der Waals surface area contributed by atoms with Crippen molar-refractivity contribution in [2.45, 2.75) is 19.9 Å². The molecule has 130 valence electrons. The molecule has 0 spiro atoms. The van der Waals surface area contributed by atoms with Crippen molar-refractivity contribution in [2.75, 3.05) is 14.2 Å².